The van der Waals surface area contributed by atoms with Gasteiger partial charge < -0.3 is 4.90 Å². The third kappa shape index (κ3) is 2.70. The Bertz CT molecular complexity index is 686. The summed E-state index contributed by atoms with van der Waals surface area (Å²) in [5.41, 5.74) is 2.57. The third-order valence-corrected chi connectivity index (χ3v) is 5.68. The van der Waals surface area contributed by atoms with Crippen molar-refractivity contribution in [2.75, 3.05) is 13.1 Å². The van der Waals surface area contributed by atoms with Crippen LogP contribution in [0.4, 0.5) is 0 Å². The zero-order chi connectivity index (χ0) is 15.1. The molecule has 1 saturated carbocycles. The van der Waals surface area contributed by atoms with Crippen LogP contribution in [-0.4, -0.2) is 33.7 Å². The molecule has 2 aliphatic rings. The van der Waals surface area contributed by atoms with E-state index in [9.17, 15) is 4.79 Å². The standard InChI is InChI=1S/C17H21N3OS/c1-19-10-13(9-18-19)8-12-4-6-20(11-12)17(21)16-15(5-7-22-16)14-2-3-14/h5,7,9-10,12,14H,2-4,6,8,11H2,1H3/t12-/m1/s1. The van der Waals surface area contributed by atoms with E-state index in [1.165, 1.54) is 24.0 Å². The minimum atomic E-state index is 0.255. The van der Waals surface area contributed by atoms with Gasteiger partial charge in [-0.3, -0.25) is 9.48 Å². The fourth-order valence-corrected chi connectivity index (χ4v) is 4.40. The van der Waals surface area contributed by atoms with Crippen molar-refractivity contribution >= 4 is 17.2 Å². The molecule has 1 aliphatic heterocycles. The summed E-state index contributed by atoms with van der Waals surface area (Å²) < 4.78 is 1.85. The van der Waals surface area contributed by atoms with Crippen LogP contribution < -0.4 is 0 Å². The number of nitrogens with zero attached hydrogens (tertiary/aromatic N) is 3. The zero-order valence-electron chi connectivity index (χ0n) is 12.9. The van der Waals surface area contributed by atoms with E-state index in [1.807, 2.05) is 17.9 Å². The van der Waals surface area contributed by atoms with Gasteiger partial charge in [-0.05, 0) is 60.1 Å². The Morgan fingerprint density at radius 2 is 2.27 bits per heavy atom. The first-order valence-corrected chi connectivity index (χ1v) is 8.93. The van der Waals surface area contributed by atoms with Crippen molar-refractivity contribution in [3.63, 3.8) is 0 Å². The molecule has 0 N–H and O–H groups in total. The van der Waals surface area contributed by atoms with Gasteiger partial charge in [0.05, 0.1) is 11.1 Å². The molecule has 0 radical (unpaired) electrons. The van der Waals surface area contributed by atoms with Gasteiger partial charge in [0.1, 0.15) is 0 Å². The first kappa shape index (κ1) is 14.0. The average molecular weight is 315 g/mol. The molecule has 2 aromatic heterocycles. The number of rotatable bonds is 4. The number of aryl methyl sites for hydroxylation is 1. The summed E-state index contributed by atoms with van der Waals surface area (Å²) in [6.45, 7) is 1.78. The Hall–Kier alpha value is -1.62. The second-order valence-electron chi connectivity index (χ2n) is 6.61. The molecule has 0 bridgehead atoms. The quantitative estimate of drug-likeness (QED) is 0.869. The lowest BCUT2D eigenvalue weighted by atomic mass is 10.0. The molecule has 1 saturated heterocycles. The summed E-state index contributed by atoms with van der Waals surface area (Å²) in [6.07, 6.45) is 8.65. The van der Waals surface area contributed by atoms with Crippen molar-refractivity contribution in [3.05, 3.63) is 39.8 Å². The molecule has 1 aliphatic carbocycles. The average Bonchev–Trinajstić information content (AvgIpc) is 2.93. The normalized spacial score (nSPS) is 21.5. The maximum Gasteiger partial charge on any atom is 0.264 e. The molecule has 4 nitrogen and oxygen atoms in total. The Morgan fingerprint density at radius 3 is 3.00 bits per heavy atom. The fraction of sp³-hybridized carbons (Fsp3) is 0.529. The van der Waals surface area contributed by atoms with E-state index in [0.29, 0.717) is 11.8 Å². The van der Waals surface area contributed by atoms with E-state index in [0.717, 1.165) is 30.8 Å². The highest BCUT2D eigenvalue weighted by Gasteiger charge is 2.33. The van der Waals surface area contributed by atoms with Crippen LogP contribution in [0.2, 0.25) is 0 Å². The van der Waals surface area contributed by atoms with Crippen LogP contribution in [0, 0.1) is 5.92 Å². The Kier molecular flexibility index (Phi) is 3.53. The monoisotopic (exact) mass is 315 g/mol. The molecule has 22 heavy (non-hydrogen) atoms. The smallest absolute Gasteiger partial charge is 0.264 e. The van der Waals surface area contributed by atoms with E-state index in [2.05, 4.69) is 27.6 Å². The summed E-state index contributed by atoms with van der Waals surface area (Å²) in [5, 5.41) is 6.30. The number of carbonyl (C=O) groups is 1. The van der Waals surface area contributed by atoms with Gasteiger partial charge in [-0.25, -0.2) is 0 Å². The van der Waals surface area contributed by atoms with Crippen molar-refractivity contribution in [1.82, 2.24) is 14.7 Å². The maximum absolute atomic E-state index is 12.8. The highest BCUT2D eigenvalue weighted by atomic mass is 32.1. The van der Waals surface area contributed by atoms with Crippen LogP contribution in [0.3, 0.4) is 0 Å². The van der Waals surface area contributed by atoms with E-state index < -0.39 is 0 Å². The number of amides is 1. The topological polar surface area (TPSA) is 38.1 Å². The summed E-state index contributed by atoms with van der Waals surface area (Å²) >= 11 is 1.62. The summed E-state index contributed by atoms with van der Waals surface area (Å²) in [7, 11) is 1.95. The second-order valence-corrected chi connectivity index (χ2v) is 7.53. The van der Waals surface area contributed by atoms with Crippen LogP contribution >= 0.6 is 11.3 Å². The Morgan fingerprint density at radius 1 is 1.41 bits per heavy atom. The van der Waals surface area contributed by atoms with Gasteiger partial charge in [-0.15, -0.1) is 11.3 Å². The summed E-state index contributed by atoms with van der Waals surface area (Å²) in [5.74, 6) is 1.47. The van der Waals surface area contributed by atoms with Gasteiger partial charge in [-0.2, -0.15) is 5.10 Å². The van der Waals surface area contributed by atoms with Gasteiger partial charge in [0.15, 0.2) is 0 Å². The van der Waals surface area contributed by atoms with Crippen molar-refractivity contribution in [1.29, 1.82) is 0 Å². The van der Waals surface area contributed by atoms with Crippen molar-refractivity contribution in [3.8, 4) is 0 Å². The predicted octanol–water partition coefficient (Wildman–Crippen LogP) is 3.06. The zero-order valence-corrected chi connectivity index (χ0v) is 13.7. The van der Waals surface area contributed by atoms with Crippen molar-refractivity contribution in [2.24, 2.45) is 13.0 Å². The van der Waals surface area contributed by atoms with Crippen LogP contribution in [0.1, 0.15) is 46.0 Å². The first-order chi connectivity index (χ1) is 10.7. The molecule has 1 amide bonds. The molecule has 5 heteroatoms. The number of carbonyl (C=O) groups excluding carboxylic acids is 1. The second kappa shape index (κ2) is 5.54. The van der Waals surface area contributed by atoms with Gasteiger partial charge in [0.25, 0.3) is 5.91 Å². The molecule has 0 spiro atoms. The predicted molar refractivity (Wildman–Crippen MR) is 87.2 cm³/mol. The molecule has 1 atom stereocenters. The van der Waals surface area contributed by atoms with E-state index >= 15 is 0 Å². The summed E-state index contributed by atoms with van der Waals surface area (Å²) in [4.78, 5) is 15.8. The van der Waals surface area contributed by atoms with Crippen molar-refractivity contribution in [2.45, 2.75) is 31.6 Å². The minimum Gasteiger partial charge on any atom is -0.338 e. The van der Waals surface area contributed by atoms with Crippen LogP contribution in [0.25, 0.3) is 0 Å². The SMILES string of the molecule is Cn1cc(C[C@H]2CCN(C(=O)c3sccc3C3CC3)C2)cn1. The molecule has 2 fully saturated rings. The van der Waals surface area contributed by atoms with E-state index in [4.69, 9.17) is 0 Å². The van der Waals surface area contributed by atoms with Gasteiger partial charge >= 0.3 is 0 Å². The number of aromatic nitrogens is 2. The van der Waals surface area contributed by atoms with Gasteiger partial charge in [0.2, 0.25) is 0 Å². The largest absolute Gasteiger partial charge is 0.338 e. The fourth-order valence-electron chi connectivity index (χ4n) is 3.45. The number of thiophene rings is 1. The highest BCUT2D eigenvalue weighted by Crippen LogP contribution is 2.43. The molecule has 0 aromatic carbocycles. The van der Waals surface area contributed by atoms with Crippen molar-refractivity contribution < 1.29 is 4.79 Å². The molecular weight excluding hydrogens is 294 g/mol. The highest BCUT2D eigenvalue weighted by molar-refractivity contribution is 7.12. The van der Waals surface area contributed by atoms with Gasteiger partial charge in [-0.1, -0.05) is 0 Å². The lowest BCUT2D eigenvalue weighted by Gasteiger charge is -2.16. The van der Waals surface area contributed by atoms with Crippen LogP contribution in [0.5, 0.6) is 0 Å². The first-order valence-electron chi connectivity index (χ1n) is 8.05. The Balaban J connectivity index is 1.41. The molecule has 3 heterocycles. The lowest BCUT2D eigenvalue weighted by Crippen LogP contribution is -2.28. The van der Waals surface area contributed by atoms with Crippen LogP contribution in [-0.2, 0) is 13.5 Å². The van der Waals surface area contributed by atoms with E-state index in [1.54, 1.807) is 11.3 Å². The Labute approximate surface area is 134 Å². The van der Waals surface area contributed by atoms with Gasteiger partial charge in [0, 0.05) is 26.3 Å². The third-order valence-electron chi connectivity index (χ3n) is 4.76. The number of hydrogen-bond donors (Lipinski definition) is 0. The van der Waals surface area contributed by atoms with E-state index in [-0.39, 0.29) is 5.91 Å². The molecule has 4 rings (SSSR count). The molecule has 2 aromatic rings. The molecular formula is C17H21N3OS. The summed E-state index contributed by atoms with van der Waals surface area (Å²) in [6, 6.07) is 2.15. The maximum atomic E-state index is 12.8. The molecule has 116 valence electrons. The minimum absolute atomic E-state index is 0.255. The van der Waals surface area contributed by atoms with Crippen LogP contribution in [0.15, 0.2) is 23.8 Å². The number of hydrogen-bond acceptors (Lipinski definition) is 3. The molecule has 0 unspecified atom stereocenters. The lowest BCUT2D eigenvalue weighted by molar-refractivity contribution is 0.0791. The number of likely N-dealkylation sites (tertiary alicyclic amines) is 1.